The van der Waals surface area contributed by atoms with Crippen molar-refractivity contribution in [2.45, 2.75) is 20.4 Å². The fourth-order valence-electron chi connectivity index (χ4n) is 4.01. The number of aromatic amines is 1. The molecular weight excluding hydrogens is 404 g/mol. The lowest BCUT2D eigenvalue weighted by Gasteiger charge is -2.34. The van der Waals surface area contributed by atoms with Crippen LogP contribution in [0.2, 0.25) is 0 Å². The Balaban J connectivity index is 1.27. The van der Waals surface area contributed by atoms with Gasteiger partial charge in [-0.05, 0) is 37.1 Å². The van der Waals surface area contributed by atoms with E-state index in [-0.39, 0.29) is 18.3 Å². The molecular formula is C21H22N4O4S. The number of amides is 1. The average molecular weight is 426 g/mol. The number of nitrogens with zero attached hydrogens (tertiary/aromatic N) is 3. The second-order valence-electron chi connectivity index (χ2n) is 7.64. The van der Waals surface area contributed by atoms with Crippen molar-refractivity contribution in [2.75, 3.05) is 33.0 Å². The average Bonchev–Trinajstić information content (AvgIpc) is 3.32. The molecule has 1 amide bonds. The number of carbonyl (C=O) groups is 1. The van der Waals surface area contributed by atoms with Gasteiger partial charge < -0.3 is 19.4 Å². The molecule has 8 nitrogen and oxygen atoms in total. The third-order valence-electron chi connectivity index (χ3n) is 5.62. The minimum atomic E-state index is -0.182. The molecule has 3 aromatic rings. The summed E-state index contributed by atoms with van der Waals surface area (Å²) in [5.41, 5.74) is 1.70. The number of H-pyrrole nitrogens is 1. The first-order chi connectivity index (χ1) is 14.5. The van der Waals surface area contributed by atoms with Gasteiger partial charge in [0.25, 0.3) is 11.5 Å². The van der Waals surface area contributed by atoms with E-state index in [2.05, 4.69) is 20.9 Å². The van der Waals surface area contributed by atoms with Gasteiger partial charge in [0.15, 0.2) is 11.5 Å². The number of fused-ring (bicyclic) bond motifs is 2. The number of benzene rings is 1. The fourth-order valence-corrected chi connectivity index (χ4v) is 5.20. The van der Waals surface area contributed by atoms with Crippen LogP contribution in [0.5, 0.6) is 11.5 Å². The molecule has 1 saturated heterocycles. The van der Waals surface area contributed by atoms with E-state index in [1.54, 1.807) is 6.92 Å². The first-order valence-electron chi connectivity index (χ1n) is 9.90. The molecule has 2 aliphatic heterocycles. The largest absolute Gasteiger partial charge is 0.454 e. The number of thiophene rings is 1. The predicted molar refractivity (Wildman–Crippen MR) is 113 cm³/mol. The minimum absolute atomic E-state index is 0.0183. The van der Waals surface area contributed by atoms with Gasteiger partial charge in [0, 0.05) is 32.7 Å². The summed E-state index contributed by atoms with van der Waals surface area (Å²) >= 11 is 1.31. The first-order valence-corrected chi connectivity index (χ1v) is 10.7. The van der Waals surface area contributed by atoms with Crippen LogP contribution in [-0.4, -0.2) is 58.6 Å². The Morgan fingerprint density at radius 3 is 2.73 bits per heavy atom. The molecule has 1 aromatic carbocycles. The number of ether oxygens (including phenoxy) is 2. The number of nitrogens with one attached hydrogen (secondary N) is 1. The molecule has 0 atom stereocenters. The van der Waals surface area contributed by atoms with Crippen LogP contribution in [0.1, 0.15) is 26.6 Å². The van der Waals surface area contributed by atoms with Crippen LogP contribution in [0.15, 0.2) is 23.0 Å². The van der Waals surface area contributed by atoms with Gasteiger partial charge in [-0.1, -0.05) is 6.07 Å². The van der Waals surface area contributed by atoms with E-state index in [1.807, 2.05) is 24.0 Å². The van der Waals surface area contributed by atoms with Crippen LogP contribution in [0, 0.1) is 13.8 Å². The molecule has 0 spiro atoms. The summed E-state index contributed by atoms with van der Waals surface area (Å²) in [5, 5.41) is 0.524. The van der Waals surface area contributed by atoms with Gasteiger partial charge in [0.2, 0.25) is 6.79 Å². The Bertz CT molecular complexity index is 1190. The number of piperazine rings is 1. The lowest BCUT2D eigenvalue weighted by molar-refractivity contribution is 0.0632. The van der Waals surface area contributed by atoms with Crippen LogP contribution < -0.4 is 15.0 Å². The monoisotopic (exact) mass is 426 g/mol. The van der Waals surface area contributed by atoms with Crippen molar-refractivity contribution in [1.82, 2.24) is 19.8 Å². The molecule has 5 rings (SSSR count). The quantitative estimate of drug-likeness (QED) is 0.692. The molecule has 0 saturated carbocycles. The Kier molecular flexibility index (Phi) is 4.71. The number of hydrogen-bond donors (Lipinski definition) is 1. The number of aryl methyl sites for hydroxylation is 2. The molecule has 30 heavy (non-hydrogen) atoms. The zero-order valence-corrected chi connectivity index (χ0v) is 17.7. The standard InChI is InChI=1S/C21H22N4O4S/c1-12-17-19(26)22-13(2)23-20(17)30-18(12)21(27)25-7-5-24(6-8-25)10-14-3-4-15-16(9-14)29-11-28-15/h3-4,9H,5-8,10-11H2,1-2H3,(H,22,23,26). The molecule has 0 aliphatic carbocycles. The van der Waals surface area contributed by atoms with Gasteiger partial charge in [0.05, 0.1) is 10.3 Å². The summed E-state index contributed by atoms with van der Waals surface area (Å²) in [6.07, 6.45) is 0. The molecule has 1 N–H and O–H groups in total. The number of carbonyl (C=O) groups excluding carboxylic acids is 1. The molecule has 0 bridgehead atoms. The first kappa shape index (κ1) is 19.1. The second-order valence-corrected chi connectivity index (χ2v) is 8.64. The maximum Gasteiger partial charge on any atom is 0.264 e. The predicted octanol–water partition coefficient (Wildman–Crippen LogP) is 2.29. The van der Waals surface area contributed by atoms with E-state index in [4.69, 9.17) is 9.47 Å². The van der Waals surface area contributed by atoms with E-state index in [0.717, 1.165) is 36.7 Å². The van der Waals surface area contributed by atoms with Crippen LogP contribution in [0.25, 0.3) is 10.2 Å². The van der Waals surface area contributed by atoms with E-state index < -0.39 is 0 Å². The molecule has 1 fully saturated rings. The smallest absolute Gasteiger partial charge is 0.264 e. The zero-order valence-electron chi connectivity index (χ0n) is 16.9. The third kappa shape index (κ3) is 3.33. The van der Waals surface area contributed by atoms with E-state index in [0.29, 0.717) is 34.0 Å². The van der Waals surface area contributed by atoms with Crippen LogP contribution in [0.4, 0.5) is 0 Å². The van der Waals surface area contributed by atoms with Crippen molar-refractivity contribution in [3.05, 3.63) is 50.4 Å². The highest BCUT2D eigenvalue weighted by Crippen LogP contribution is 2.33. The maximum absolute atomic E-state index is 13.1. The minimum Gasteiger partial charge on any atom is -0.454 e. The van der Waals surface area contributed by atoms with Crippen molar-refractivity contribution >= 4 is 27.5 Å². The molecule has 156 valence electrons. The number of rotatable bonds is 3. The summed E-state index contributed by atoms with van der Waals surface area (Å²) in [6.45, 7) is 7.55. The highest BCUT2D eigenvalue weighted by Gasteiger charge is 2.27. The van der Waals surface area contributed by atoms with Crippen LogP contribution >= 0.6 is 11.3 Å². The zero-order chi connectivity index (χ0) is 20.8. The van der Waals surface area contributed by atoms with Gasteiger partial charge in [-0.2, -0.15) is 0 Å². The second kappa shape index (κ2) is 7.41. The maximum atomic E-state index is 13.1. The van der Waals surface area contributed by atoms with Crippen molar-refractivity contribution < 1.29 is 14.3 Å². The molecule has 0 unspecified atom stereocenters. The van der Waals surface area contributed by atoms with Crippen LogP contribution in [-0.2, 0) is 6.54 Å². The number of aromatic nitrogens is 2. The van der Waals surface area contributed by atoms with Gasteiger partial charge in [0.1, 0.15) is 10.7 Å². The molecule has 9 heteroatoms. The van der Waals surface area contributed by atoms with E-state index in [1.165, 1.54) is 16.9 Å². The summed E-state index contributed by atoms with van der Waals surface area (Å²) < 4.78 is 10.8. The Morgan fingerprint density at radius 2 is 1.93 bits per heavy atom. The Labute approximate surface area is 177 Å². The normalized spacial score (nSPS) is 16.4. The molecule has 2 aliphatic rings. The molecule has 0 radical (unpaired) electrons. The Hall–Kier alpha value is -2.91. The number of hydrogen-bond acceptors (Lipinski definition) is 7. The lowest BCUT2D eigenvalue weighted by Crippen LogP contribution is -2.48. The van der Waals surface area contributed by atoms with Crippen molar-refractivity contribution in [3.8, 4) is 11.5 Å². The topological polar surface area (TPSA) is 87.8 Å². The van der Waals surface area contributed by atoms with Crippen molar-refractivity contribution in [2.24, 2.45) is 0 Å². The Morgan fingerprint density at radius 1 is 1.17 bits per heavy atom. The van der Waals surface area contributed by atoms with Gasteiger partial charge in [-0.25, -0.2) is 4.98 Å². The van der Waals surface area contributed by atoms with Gasteiger partial charge in [-0.15, -0.1) is 11.3 Å². The lowest BCUT2D eigenvalue weighted by atomic mass is 10.1. The molecule has 2 aromatic heterocycles. The van der Waals surface area contributed by atoms with Crippen molar-refractivity contribution in [3.63, 3.8) is 0 Å². The fraction of sp³-hybridized carbons (Fsp3) is 0.381. The summed E-state index contributed by atoms with van der Waals surface area (Å²) in [5.74, 6) is 2.12. The highest BCUT2D eigenvalue weighted by molar-refractivity contribution is 7.20. The van der Waals surface area contributed by atoms with Gasteiger partial charge in [-0.3, -0.25) is 14.5 Å². The summed E-state index contributed by atoms with van der Waals surface area (Å²) in [6, 6.07) is 6.02. The highest BCUT2D eigenvalue weighted by atomic mass is 32.1. The van der Waals surface area contributed by atoms with E-state index in [9.17, 15) is 9.59 Å². The van der Waals surface area contributed by atoms with Crippen LogP contribution in [0.3, 0.4) is 0 Å². The van der Waals surface area contributed by atoms with E-state index >= 15 is 0 Å². The van der Waals surface area contributed by atoms with Gasteiger partial charge >= 0.3 is 0 Å². The summed E-state index contributed by atoms with van der Waals surface area (Å²) in [7, 11) is 0. The van der Waals surface area contributed by atoms with Crippen molar-refractivity contribution in [1.29, 1.82) is 0 Å². The SMILES string of the molecule is Cc1nc2sc(C(=O)N3CCN(Cc4ccc5c(c4)OCO5)CC3)c(C)c2c(=O)[nH]1. The molecule has 4 heterocycles. The summed E-state index contributed by atoms with van der Waals surface area (Å²) in [4.78, 5) is 38.0. The third-order valence-corrected chi connectivity index (χ3v) is 6.79.